The lowest BCUT2D eigenvalue weighted by Crippen LogP contribution is -2.60. The van der Waals surface area contributed by atoms with Crippen LogP contribution in [0.5, 0.6) is 0 Å². The van der Waals surface area contributed by atoms with Crippen molar-refractivity contribution in [2.24, 2.45) is 0 Å². The summed E-state index contributed by atoms with van der Waals surface area (Å²) >= 11 is 0. The molecule has 0 aromatic rings. The van der Waals surface area contributed by atoms with E-state index in [4.69, 9.17) is 4.74 Å². The van der Waals surface area contributed by atoms with Gasteiger partial charge in [0.1, 0.15) is 8.07 Å². The predicted molar refractivity (Wildman–Crippen MR) is 76.1 cm³/mol. The summed E-state index contributed by atoms with van der Waals surface area (Å²) in [7, 11) is 0.820. The van der Waals surface area contributed by atoms with Crippen LogP contribution in [0, 0.1) is 11.5 Å². The second-order valence-corrected chi connectivity index (χ2v) is 11.6. The molecule has 4 heteroatoms. The monoisotopic (exact) mass is 267 g/mol. The van der Waals surface area contributed by atoms with Crippen LogP contribution in [-0.4, -0.2) is 56.0 Å². The largest absolute Gasteiger partial charge is 0.389 e. The lowest BCUT2D eigenvalue weighted by Gasteiger charge is -2.49. The Bertz CT molecular complexity index is 352. The van der Waals surface area contributed by atoms with Crippen molar-refractivity contribution < 1.29 is 9.84 Å². The summed E-state index contributed by atoms with van der Waals surface area (Å²) in [6.45, 7) is 8.21. The van der Waals surface area contributed by atoms with Gasteiger partial charge in [0.05, 0.1) is 18.8 Å². The third-order valence-corrected chi connectivity index (χ3v) is 4.81. The van der Waals surface area contributed by atoms with Crippen molar-refractivity contribution in [3.8, 4) is 11.5 Å². The molecule has 2 aliphatic rings. The maximum absolute atomic E-state index is 10.7. The van der Waals surface area contributed by atoms with Crippen molar-refractivity contribution in [2.75, 3.05) is 20.3 Å². The number of hydrogen-bond acceptors (Lipinski definition) is 3. The van der Waals surface area contributed by atoms with Gasteiger partial charge in [-0.15, -0.1) is 11.5 Å². The van der Waals surface area contributed by atoms with Crippen molar-refractivity contribution in [2.45, 2.75) is 56.6 Å². The lowest BCUT2D eigenvalue weighted by molar-refractivity contribution is -0.132. The number of aliphatic hydroxyl groups is 1. The van der Waals surface area contributed by atoms with E-state index in [-0.39, 0.29) is 0 Å². The van der Waals surface area contributed by atoms with Crippen LogP contribution in [0.15, 0.2) is 0 Å². The van der Waals surface area contributed by atoms with Crippen molar-refractivity contribution in [3.05, 3.63) is 0 Å². The number of hydrogen-bond donors (Lipinski definition) is 1. The maximum Gasteiger partial charge on any atom is 0.129 e. The Balaban J connectivity index is 2.01. The van der Waals surface area contributed by atoms with Gasteiger partial charge in [-0.3, -0.25) is 4.90 Å². The molecule has 3 nitrogen and oxygen atoms in total. The van der Waals surface area contributed by atoms with E-state index in [2.05, 4.69) is 43.1 Å². The molecule has 2 heterocycles. The average molecular weight is 267 g/mol. The van der Waals surface area contributed by atoms with Crippen molar-refractivity contribution in [1.82, 2.24) is 4.90 Å². The molecule has 0 aliphatic carbocycles. The molecule has 0 radical (unpaired) electrons. The van der Waals surface area contributed by atoms with E-state index in [1.165, 1.54) is 0 Å². The van der Waals surface area contributed by atoms with E-state index in [1.807, 2.05) is 0 Å². The van der Waals surface area contributed by atoms with E-state index in [0.29, 0.717) is 18.5 Å². The highest BCUT2D eigenvalue weighted by molar-refractivity contribution is 6.83. The summed E-state index contributed by atoms with van der Waals surface area (Å²) < 4.78 is 5.58. The van der Waals surface area contributed by atoms with E-state index in [9.17, 15) is 5.11 Å². The summed E-state index contributed by atoms with van der Waals surface area (Å²) in [6, 6.07) is 0.715. The fraction of sp³-hybridized carbons (Fsp3) is 0.857. The van der Waals surface area contributed by atoms with Crippen LogP contribution in [0.1, 0.15) is 19.3 Å². The van der Waals surface area contributed by atoms with Gasteiger partial charge < -0.3 is 9.84 Å². The lowest BCUT2D eigenvalue weighted by atomic mass is 9.80. The molecule has 2 fully saturated rings. The average Bonchev–Trinajstić information content (AvgIpc) is 2.19. The Hall–Kier alpha value is -0.343. The molecule has 18 heavy (non-hydrogen) atoms. The highest BCUT2D eigenvalue weighted by Gasteiger charge is 2.44. The van der Waals surface area contributed by atoms with Crippen LogP contribution >= 0.6 is 0 Å². The first-order valence-corrected chi connectivity index (χ1v) is 10.3. The number of morpholine rings is 1. The topological polar surface area (TPSA) is 32.7 Å². The quantitative estimate of drug-likeness (QED) is 0.577. The van der Waals surface area contributed by atoms with E-state index < -0.39 is 13.7 Å². The third kappa shape index (κ3) is 3.36. The predicted octanol–water partition coefficient (Wildman–Crippen LogP) is 1.48. The number of likely N-dealkylation sites (N-methyl/N-ethyl adjacent to an activating group) is 1. The van der Waals surface area contributed by atoms with E-state index in [0.717, 1.165) is 26.1 Å². The first kappa shape index (κ1) is 14.1. The standard InChI is InChI=1S/C14H25NO2Si/c1-15-12-8-14(16,6-5-7-18(2,3)4)9-13(15)11-17-10-12/h12-13,16H,6,8-11H2,1-4H3. The van der Waals surface area contributed by atoms with Gasteiger partial charge in [-0.05, 0) is 19.9 Å². The Labute approximate surface area is 112 Å². The summed E-state index contributed by atoms with van der Waals surface area (Å²) in [5.74, 6) is 3.24. The molecule has 2 saturated heterocycles. The molecule has 0 amide bonds. The van der Waals surface area contributed by atoms with Gasteiger partial charge in [-0.25, -0.2) is 0 Å². The molecule has 0 spiro atoms. The Kier molecular flexibility index (Phi) is 3.89. The summed E-state index contributed by atoms with van der Waals surface area (Å²) in [6.07, 6.45) is 2.21. The molecule has 0 aromatic carbocycles. The van der Waals surface area contributed by atoms with Gasteiger partial charge in [0.15, 0.2) is 0 Å². The van der Waals surface area contributed by atoms with E-state index in [1.54, 1.807) is 0 Å². The van der Waals surface area contributed by atoms with Crippen LogP contribution in [-0.2, 0) is 4.74 Å². The Morgan fingerprint density at radius 1 is 1.28 bits per heavy atom. The smallest absolute Gasteiger partial charge is 0.129 e. The van der Waals surface area contributed by atoms with Crippen LogP contribution < -0.4 is 0 Å². The number of fused-ring (bicyclic) bond motifs is 2. The molecule has 2 atom stereocenters. The first-order chi connectivity index (χ1) is 8.29. The zero-order valence-corrected chi connectivity index (χ0v) is 13.0. The van der Waals surface area contributed by atoms with Gasteiger partial charge in [-0.2, -0.15) is 0 Å². The van der Waals surface area contributed by atoms with Crippen LogP contribution in [0.4, 0.5) is 0 Å². The van der Waals surface area contributed by atoms with Crippen LogP contribution in [0.3, 0.4) is 0 Å². The van der Waals surface area contributed by atoms with Crippen molar-refractivity contribution in [1.29, 1.82) is 0 Å². The van der Waals surface area contributed by atoms with Gasteiger partial charge in [0.2, 0.25) is 0 Å². The van der Waals surface area contributed by atoms with Gasteiger partial charge in [-0.1, -0.05) is 19.6 Å². The number of nitrogens with zero attached hydrogens (tertiary/aromatic N) is 1. The van der Waals surface area contributed by atoms with Crippen LogP contribution in [0.2, 0.25) is 19.6 Å². The molecule has 2 aliphatic heterocycles. The van der Waals surface area contributed by atoms with Gasteiger partial charge in [0.25, 0.3) is 0 Å². The highest BCUT2D eigenvalue weighted by Crippen LogP contribution is 2.35. The normalized spacial score (nSPS) is 36.9. The first-order valence-electron chi connectivity index (χ1n) is 6.81. The second-order valence-electron chi connectivity index (χ2n) is 6.87. The molecule has 2 bridgehead atoms. The highest BCUT2D eigenvalue weighted by atomic mass is 28.3. The summed E-state index contributed by atoms with van der Waals surface area (Å²) in [5.41, 5.74) is 2.76. The second kappa shape index (κ2) is 4.97. The fourth-order valence-electron chi connectivity index (χ4n) is 2.86. The number of ether oxygens (including phenoxy) is 1. The van der Waals surface area contributed by atoms with Gasteiger partial charge in [0, 0.05) is 18.5 Å². The molecule has 2 rings (SSSR count). The maximum atomic E-state index is 10.7. The van der Waals surface area contributed by atoms with Crippen molar-refractivity contribution in [3.63, 3.8) is 0 Å². The molecule has 0 saturated carbocycles. The Morgan fingerprint density at radius 2 is 1.83 bits per heavy atom. The summed E-state index contributed by atoms with van der Waals surface area (Å²) in [5, 5.41) is 10.7. The van der Waals surface area contributed by atoms with Crippen LogP contribution in [0.25, 0.3) is 0 Å². The molecule has 2 unspecified atom stereocenters. The Morgan fingerprint density at radius 3 is 2.33 bits per heavy atom. The SMILES string of the molecule is CN1C2COCC1CC(O)(CC#C[Si](C)(C)C)C2. The van der Waals surface area contributed by atoms with Gasteiger partial charge >= 0.3 is 0 Å². The van der Waals surface area contributed by atoms with E-state index >= 15 is 0 Å². The molecular formula is C14H25NO2Si. The minimum absolute atomic E-state index is 0.358. The molecule has 1 N–H and O–H groups in total. The summed E-state index contributed by atoms with van der Waals surface area (Å²) in [4.78, 5) is 2.36. The zero-order valence-electron chi connectivity index (χ0n) is 12.0. The zero-order chi connectivity index (χ0) is 13.4. The minimum atomic E-state index is -1.32. The van der Waals surface area contributed by atoms with Crippen molar-refractivity contribution >= 4 is 8.07 Å². The number of piperidine rings is 1. The molecule has 0 aromatic heterocycles. The molecule has 102 valence electrons. The third-order valence-electron chi connectivity index (χ3n) is 3.88. The fourth-order valence-corrected chi connectivity index (χ4v) is 3.48. The number of rotatable bonds is 1. The molecular weight excluding hydrogens is 242 g/mol. The minimum Gasteiger partial charge on any atom is -0.389 e.